The first-order valence-corrected chi connectivity index (χ1v) is 17.7. The highest BCUT2D eigenvalue weighted by molar-refractivity contribution is 5.91. The average Bonchev–Trinajstić information content (AvgIpc) is 3.08. The Hall–Kier alpha value is -3.87. The van der Waals surface area contributed by atoms with E-state index in [2.05, 4.69) is 21.4 Å². The number of amides is 4. The molecule has 1 aromatic carbocycles. The van der Waals surface area contributed by atoms with Gasteiger partial charge in [0.15, 0.2) is 0 Å². The minimum Gasteiger partial charge on any atom is -0.453 e. The van der Waals surface area contributed by atoms with Gasteiger partial charge in [0.25, 0.3) is 17.5 Å². The summed E-state index contributed by atoms with van der Waals surface area (Å²) in [5.74, 6) is -2.30. The molecule has 1 aromatic rings. The van der Waals surface area contributed by atoms with E-state index in [1.807, 2.05) is 56.1 Å². The molecule has 3 atom stereocenters. The molecule has 4 N–H and O–H groups in total. The third-order valence-corrected chi connectivity index (χ3v) is 8.91. The number of hydrazine groups is 1. The van der Waals surface area contributed by atoms with Crippen molar-refractivity contribution in [1.82, 2.24) is 26.4 Å². The molecule has 13 nitrogen and oxygen atoms in total. The zero-order chi connectivity index (χ0) is 36.4. The summed E-state index contributed by atoms with van der Waals surface area (Å²) in [4.78, 5) is 65.6. The number of ether oxygens (including phenoxy) is 3. The number of nitrogens with one attached hydrogen (secondary N) is 4. The summed E-state index contributed by atoms with van der Waals surface area (Å²) in [6.45, 7) is 9.70. The van der Waals surface area contributed by atoms with Crippen molar-refractivity contribution >= 4 is 30.0 Å². The number of rotatable bonds is 19. The summed E-state index contributed by atoms with van der Waals surface area (Å²) in [6, 6.07) is 8.39. The van der Waals surface area contributed by atoms with E-state index in [1.165, 1.54) is 20.6 Å². The summed E-state index contributed by atoms with van der Waals surface area (Å²) < 4.78 is 15.4. The van der Waals surface area contributed by atoms with E-state index in [9.17, 15) is 24.0 Å². The molecule has 0 aliphatic heterocycles. The van der Waals surface area contributed by atoms with Crippen molar-refractivity contribution in [1.29, 1.82) is 0 Å². The van der Waals surface area contributed by atoms with Gasteiger partial charge in [0.05, 0.1) is 14.2 Å². The SMILES string of the molecule is CCCCC(=O)O[C@@](NC(=O)OC)(C(=O)N[C@@H](CCc1ccccc1)CN(CC1CCCCC1)NC(=O)[C@@H](NC(=O)OC)C(C)C)C(C)C. The Bertz CT molecular complexity index is 1190. The first-order valence-electron chi connectivity index (χ1n) is 17.7. The Morgan fingerprint density at radius 1 is 0.918 bits per heavy atom. The largest absolute Gasteiger partial charge is 0.453 e. The molecule has 276 valence electrons. The summed E-state index contributed by atoms with van der Waals surface area (Å²) in [7, 11) is 2.42. The molecule has 0 unspecified atom stereocenters. The molecule has 0 aromatic heterocycles. The van der Waals surface area contributed by atoms with Crippen molar-refractivity contribution in [3.05, 3.63) is 35.9 Å². The molecule has 0 radical (unpaired) electrons. The number of benzene rings is 1. The third-order valence-electron chi connectivity index (χ3n) is 8.91. The second-order valence-corrected chi connectivity index (χ2v) is 13.5. The number of esters is 1. The monoisotopic (exact) mass is 689 g/mol. The van der Waals surface area contributed by atoms with Crippen LogP contribution in [0, 0.1) is 17.8 Å². The van der Waals surface area contributed by atoms with Crippen LogP contribution in [0.25, 0.3) is 0 Å². The van der Waals surface area contributed by atoms with Gasteiger partial charge in [-0.1, -0.05) is 90.6 Å². The van der Waals surface area contributed by atoms with Gasteiger partial charge in [-0.25, -0.2) is 14.6 Å². The predicted octanol–water partition coefficient (Wildman–Crippen LogP) is 4.84. The number of alkyl carbamates (subject to hydrolysis) is 2. The first kappa shape index (κ1) is 41.3. The number of hydrogen-bond donors (Lipinski definition) is 4. The second-order valence-electron chi connectivity index (χ2n) is 13.5. The Morgan fingerprint density at radius 3 is 2.14 bits per heavy atom. The molecule has 1 aliphatic rings. The summed E-state index contributed by atoms with van der Waals surface area (Å²) in [5.41, 5.74) is 2.04. The maximum absolute atomic E-state index is 14.3. The molecule has 2 rings (SSSR count). The van der Waals surface area contributed by atoms with Crippen molar-refractivity contribution < 1.29 is 38.2 Å². The molecule has 1 fully saturated rings. The lowest BCUT2D eigenvalue weighted by Gasteiger charge is -2.38. The summed E-state index contributed by atoms with van der Waals surface area (Å²) in [5, 5.41) is 10.0. The van der Waals surface area contributed by atoms with Gasteiger partial charge in [0, 0.05) is 31.5 Å². The van der Waals surface area contributed by atoms with E-state index in [-0.39, 0.29) is 18.9 Å². The maximum Gasteiger partial charge on any atom is 0.410 e. The van der Waals surface area contributed by atoms with E-state index in [1.54, 1.807) is 13.8 Å². The fourth-order valence-corrected chi connectivity index (χ4v) is 5.95. The standard InChI is InChI=1S/C36H59N5O8/c1-8-9-20-30(42)49-36(26(4)5,39-35(46)48-7)33(44)37-29(22-21-27-16-12-10-13-17-27)24-41(23-28-18-14-11-15-19-28)40-32(43)31(25(2)3)38-34(45)47-6/h10,12-13,16-17,25-26,28-29,31H,8-9,11,14-15,18-24H2,1-7H3,(H,37,44)(H,38,45)(H,39,46)(H,40,43)/t29-,31-,36+/m0/s1. The van der Waals surface area contributed by atoms with Crippen LogP contribution in [0.2, 0.25) is 0 Å². The Balaban J connectivity index is 2.47. The average molecular weight is 690 g/mol. The first-order chi connectivity index (χ1) is 23.3. The highest BCUT2D eigenvalue weighted by Gasteiger charge is 2.48. The Morgan fingerprint density at radius 2 is 1.57 bits per heavy atom. The van der Waals surface area contributed by atoms with Crippen molar-refractivity contribution in [3.63, 3.8) is 0 Å². The topological polar surface area (TPSA) is 164 Å². The van der Waals surface area contributed by atoms with Gasteiger partial charge in [-0.3, -0.25) is 25.1 Å². The molecule has 49 heavy (non-hydrogen) atoms. The second kappa shape index (κ2) is 21.3. The van der Waals surface area contributed by atoms with Crippen LogP contribution < -0.4 is 21.4 Å². The van der Waals surface area contributed by atoms with E-state index in [0.29, 0.717) is 31.7 Å². The number of methoxy groups -OCH3 is 2. The number of carbonyl (C=O) groups is 5. The van der Waals surface area contributed by atoms with Crippen LogP contribution in [0.3, 0.4) is 0 Å². The quantitative estimate of drug-likeness (QED) is 0.0689. The fraction of sp³-hybridized carbons (Fsp3) is 0.694. The van der Waals surface area contributed by atoms with Crippen LogP contribution in [0.4, 0.5) is 9.59 Å². The zero-order valence-electron chi connectivity index (χ0n) is 30.5. The number of aryl methyl sites for hydroxylation is 1. The predicted molar refractivity (Wildman–Crippen MR) is 186 cm³/mol. The van der Waals surface area contributed by atoms with E-state index in [4.69, 9.17) is 14.2 Å². The lowest BCUT2D eigenvalue weighted by Crippen LogP contribution is -2.66. The normalized spacial score (nSPS) is 15.9. The van der Waals surface area contributed by atoms with Gasteiger partial charge in [0.2, 0.25) is 0 Å². The van der Waals surface area contributed by atoms with E-state index in [0.717, 1.165) is 37.7 Å². The van der Waals surface area contributed by atoms with Crippen LogP contribution in [-0.4, -0.2) is 80.1 Å². The molecule has 13 heteroatoms. The zero-order valence-corrected chi connectivity index (χ0v) is 30.5. The fourth-order valence-electron chi connectivity index (χ4n) is 5.95. The van der Waals surface area contributed by atoms with Gasteiger partial charge < -0.3 is 24.8 Å². The van der Waals surface area contributed by atoms with Gasteiger partial charge in [-0.2, -0.15) is 0 Å². The van der Waals surface area contributed by atoms with Crippen LogP contribution in [0.1, 0.15) is 98.0 Å². The van der Waals surface area contributed by atoms with E-state index >= 15 is 0 Å². The van der Waals surface area contributed by atoms with Crippen molar-refractivity contribution in [2.75, 3.05) is 27.3 Å². The van der Waals surface area contributed by atoms with Crippen molar-refractivity contribution in [2.45, 2.75) is 117 Å². The molecule has 0 heterocycles. The molecule has 0 spiro atoms. The highest BCUT2D eigenvalue weighted by atomic mass is 16.6. The van der Waals surface area contributed by atoms with Crippen molar-refractivity contribution in [3.8, 4) is 0 Å². The number of carbonyl (C=O) groups excluding carboxylic acids is 5. The molecule has 1 saturated carbocycles. The summed E-state index contributed by atoms with van der Waals surface area (Å²) >= 11 is 0. The van der Waals surface area contributed by atoms with Gasteiger partial charge in [0.1, 0.15) is 6.04 Å². The lowest BCUT2D eigenvalue weighted by molar-refractivity contribution is -0.178. The Labute approximate surface area is 291 Å². The number of unbranched alkanes of at least 4 members (excludes halogenated alkanes) is 1. The number of nitrogens with zero attached hydrogens (tertiary/aromatic N) is 1. The molecule has 0 bridgehead atoms. The molecular weight excluding hydrogens is 630 g/mol. The van der Waals surface area contributed by atoms with Gasteiger partial charge in [-0.05, 0) is 49.5 Å². The molecule has 4 amide bonds. The van der Waals surface area contributed by atoms with Crippen molar-refractivity contribution in [2.24, 2.45) is 17.8 Å². The van der Waals surface area contributed by atoms with Gasteiger partial charge in [-0.15, -0.1) is 0 Å². The third kappa shape index (κ3) is 13.9. The minimum atomic E-state index is -2.05. The highest BCUT2D eigenvalue weighted by Crippen LogP contribution is 2.25. The molecule has 0 saturated heterocycles. The number of hydrogen-bond acceptors (Lipinski definition) is 9. The minimum absolute atomic E-state index is 0.0797. The van der Waals surface area contributed by atoms with Gasteiger partial charge >= 0.3 is 18.2 Å². The smallest absolute Gasteiger partial charge is 0.410 e. The molecular formula is C36H59N5O8. The summed E-state index contributed by atoms with van der Waals surface area (Å²) in [6.07, 6.45) is 6.20. The van der Waals surface area contributed by atoms with Crippen LogP contribution in [0.5, 0.6) is 0 Å². The van der Waals surface area contributed by atoms with Crippen LogP contribution in [-0.2, 0) is 35.0 Å². The van der Waals surface area contributed by atoms with E-state index < -0.39 is 53.7 Å². The molecule has 1 aliphatic carbocycles. The lowest BCUT2D eigenvalue weighted by atomic mass is 9.89. The Kier molecular flexibility index (Phi) is 17.9. The maximum atomic E-state index is 14.3. The van der Waals surface area contributed by atoms with Crippen LogP contribution in [0.15, 0.2) is 30.3 Å². The van der Waals surface area contributed by atoms with Crippen LogP contribution >= 0.6 is 0 Å².